The third-order valence-corrected chi connectivity index (χ3v) is 3.70. The van der Waals surface area contributed by atoms with Gasteiger partial charge in [0.15, 0.2) is 11.6 Å². The van der Waals surface area contributed by atoms with Gasteiger partial charge in [-0.1, -0.05) is 24.3 Å². The molecule has 0 aliphatic carbocycles. The van der Waals surface area contributed by atoms with Gasteiger partial charge in [-0.15, -0.1) is 0 Å². The van der Waals surface area contributed by atoms with E-state index in [0.717, 1.165) is 12.1 Å². The molecule has 0 bridgehead atoms. The minimum absolute atomic E-state index is 0.0226. The molecule has 0 heterocycles. The fraction of sp³-hybridized carbons (Fsp3) is 0.222. The molecular weight excluding hydrogens is 330 g/mol. The van der Waals surface area contributed by atoms with Crippen molar-refractivity contribution in [3.8, 4) is 5.75 Å². The van der Waals surface area contributed by atoms with Crippen LogP contribution in [0.25, 0.3) is 0 Å². The lowest BCUT2D eigenvalue weighted by atomic mass is 10.0. The zero-order chi connectivity index (χ0) is 18.4. The van der Waals surface area contributed by atoms with Crippen LogP contribution in [0.4, 0.5) is 8.78 Å². The third-order valence-electron chi connectivity index (χ3n) is 3.70. The Labute approximate surface area is 143 Å². The third kappa shape index (κ3) is 4.76. The van der Waals surface area contributed by atoms with E-state index in [0.29, 0.717) is 5.56 Å². The maximum atomic E-state index is 13.4. The van der Waals surface area contributed by atoms with Gasteiger partial charge >= 0.3 is 0 Å². The fourth-order valence-corrected chi connectivity index (χ4v) is 2.34. The number of phenolic OH excluding ortho intramolecular Hbond substituents is 1. The summed E-state index contributed by atoms with van der Waals surface area (Å²) in [6.45, 7) is 0. The molecule has 0 unspecified atom stereocenters. The summed E-state index contributed by atoms with van der Waals surface area (Å²) < 4.78 is 26.5. The normalized spacial score (nSPS) is 11.6. The highest BCUT2D eigenvalue weighted by Gasteiger charge is 2.23. The molecule has 2 aromatic rings. The Hall–Kier alpha value is -2.96. The lowest BCUT2D eigenvalue weighted by Gasteiger charge is -2.18. The van der Waals surface area contributed by atoms with E-state index >= 15 is 0 Å². The van der Waals surface area contributed by atoms with Crippen LogP contribution in [0.5, 0.6) is 5.75 Å². The van der Waals surface area contributed by atoms with Crippen LogP contribution in [0.3, 0.4) is 0 Å². The first kappa shape index (κ1) is 18.4. The van der Waals surface area contributed by atoms with E-state index in [2.05, 4.69) is 10.6 Å². The zero-order valence-corrected chi connectivity index (χ0v) is 13.6. The van der Waals surface area contributed by atoms with Gasteiger partial charge < -0.3 is 15.7 Å². The van der Waals surface area contributed by atoms with Crippen LogP contribution in [0, 0.1) is 11.6 Å². The van der Waals surface area contributed by atoms with Gasteiger partial charge in [0, 0.05) is 13.5 Å². The maximum absolute atomic E-state index is 13.4. The van der Waals surface area contributed by atoms with Crippen LogP contribution in [0.2, 0.25) is 0 Å². The molecule has 2 aromatic carbocycles. The average molecular weight is 348 g/mol. The second kappa shape index (κ2) is 8.23. The smallest absolute Gasteiger partial charge is 0.246 e. The molecule has 0 saturated carbocycles. The standard InChI is InChI=1S/C18H18F2N2O3/c1-21-18(25)17(12-6-8-13(19)14(20)10-12)22-16(24)9-7-11-4-2-3-5-15(11)23/h2-6,8,10,17,23H,7,9H2,1H3,(H,21,25)(H,22,24)/t17-/m0/s1. The number of amides is 2. The number of halogens is 2. The van der Waals surface area contributed by atoms with E-state index in [1.807, 2.05) is 0 Å². The number of carbonyl (C=O) groups is 2. The van der Waals surface area contributed by atoms with Crippen molar-refractivity contribution in [2.75, 3.05) is 7.05 Å². The second-order valence-electron chi connectivity index (χ2n) is 5.42. The Morgan fingerprint density at radius 1 is 1.12 bits per heavy atom. The number of rotatable bonds is 6. The molecule has 1 atom stereocenters. The maximum Gasteiger partial charge on any atom is 0.246 e. The lowest BCUT2D eigenvalue weighted by Crippen LogP contribution is -2.39. The van der Waals surface area contributed by atoms with Crippen LogP contribution in [0.15, 0.2) is 42.5 Å². The van der Waals surface area contributed by atoms with Gasteiger partial charge in [0.2, 0.25) is 11.8 Å². The number of aryl methyl sites for hydroxylation is 1. The minimum atomic E-state index is -1.14. The zero-order valence-electron chi connectivity index (χ0n) is 13.6. The number of phenols is 1. The SMILES string of the molecule is CNC(=O)[C@@H](NC(=O)CCc1ccccc1O)c1ccc(F)c(F)c1. The predicted octanol–water partition coefficient (Wildman–Crippen LogP) is 2.21. The Kier molecular flexibility index (Phi) is 6.05. The van der Waals surface area contributed by atoms with Gasteiger partial charge in [0.25, 0.3) is 0 Å². The first-order chi connectivity index (χ1) is 11.9. The molecule has 132 valence electrons. The summed E-state index contributed by atoms with van der Waals surface area (Å²) in [6.07, 6.45) is 0.297. The first-order valence-corrected chi connectivity index (χ1v) is 7.65. The summed E-state index contributed by atoms with van der Waals surface area (Å²) >= 11 is 0. The van der Waals surface area contributed by atoms with Crippen LogP contribution < -0.4 is 10.6 Å². The van der Waals surface area contributed by atoms with Crippen molar-refractivity contribution in [2.24, 2.45) is 0 Å². The highest BCUT2D eigenvalue weighted by molar-refractivity contribution is 5.88. The van der Waals surface area contributed by atoms with E-state index in [4.69, 9.17) is 0 Å². The van der Waals surface area contributed by atoms with Gasteiger partial charge in [-0.3, -0.25) is 9.59 Å². The second-order valence-corrected chi connectivity index (χ2v) is 5.42. The number of carbonyl (C=O) groups excluding carboxylic acids is 2. The number of hydrogen-bond acceptors (Lipinski definition) is 3. The molecular formula is C18H18F2N2O3. The van der Waals surface area contributed by atoms with E-state index in [1.54, 1.807) is 18.2 Å². The summed E-state index contributed by atoms with van der Waals surface area (Å²) in [6, 6.07) is 8.48. The highest BCUT2D eigenvalue weighted by Crippen LogP contribution is 2.19. The monoisotopic (exact) mass is 348 g/mol. The number of nitrogens with one attached hydrogen (secondary N) is 2. The van der Waals surface area contributed by atoms with E-state index < -0.39 is 29.5 Å². The Morgan fingerprint density at radius 3 is 2.48 bits per heavy atom. The van der Waals surface area contributed by atoms with Crippen LogP contribution in [-0.4, -0.2) is 24.0 Å². The molecule has 0 aliphatic heterocycles. The van der Waals surface area contributed by atoms with E-state index in [1.165, 1.54) is 19.2 Å². The van der Waals surface area contributed by atoms with Crippen LogP contribution in [0.1, 0.15) is 23.6 Å². The summed E-state index contributed by atoms with van der Waals surface area (Å²) in [7, 11) is 1.38. The van der Waals surface area contributed by atoms with Gasteiger partial charge in [0.05, 0.1) is 0 Å². The minimum Gasteiger partial charge on any atom is -0.508 e. The number of hydrogen-bond donors (Lipinski definition) is 3. The van der Waals surface area contributed by atoms with Crippen molar-refractivity contribution in [1.82, 2.24) is 10.6 Å². The molecule has 0 fully saturated rings. The van der Waals surface area contributed by atoms with Crippen molar-refractivity contribution in [1.29, 1.82) is 0 Å². The molecule has 2 rings (SSSR count). The van der Waals surface area contributed by atoms with Crippen molar-refractivity contribution in [2.45, 2.75) is 18.9 Å². The molecule has 7 heteroatoms. The highest BCUT2D eigenvalue weighted by atomic mass is 19.2. The summed E-state index contributed by atoms with van der Waals surface area (Å²) in [5.41, 5.74) is 0.733. The van der Waals surface area contributed by atoms with Crippen molar-refractivity contribution < 1.29 is 23.5 Å². The van der Waals surface area contributed by atoms with Gasteiger partial charge in [-0.2, -0.15) is 0 Å². The van der Waals surface area contributed by atoms with Crippen molar-refractivity contribution in [3.05, 3.63) is 65.2 Å². The molecule has 0 radical (unpaired) electrons. The number of likely N-dealkylation sites (N-methyl/N-ethyl adjacent to an activating group) is 1. The number of para-hydroxylation sites is 1. The van der Waals surface area contributed by atoms with Crippen molar-refractivity contribution >= 4 is 11.8 Å². The molecule has 25 heavy (non-hydrogen) atoms. The van der Waals surface area contributed by atoms with E-state index in [-0.39, 0.29) is 24.2 Å². The fourth-order valence-electron chi connectivity index (χ4n) is 2.34. The Morgan fingerprint density at radius 2 is 1.84 bits per heavy atom. The Bertz CT molecular complexity index is 781. The number of aromatic hydroxyl groups is 1. The molecule has 5 nitrogen and oxygen atoms in total. The molecule has 0 aromatic heterocycles. The predicted molar refractivity (Wildman–Crippen MR) is 87.7 cm³/mol. The van der Waals surface area contributed by atoms with E-state index in [9.17, 15) is 23.5 Å². The van der Waals surface area contributed by atoms with Gasteiger partial charge in [0.1, 0.15) is 11.8 Å². The molecule has 0 aliphatic rings. The average Bonchev–Trinajstić information content (AvgIpc) is 2.61. The van der Waals surface area contributed by atoms with Crippen LogP contribution >= 0.6 is 0 Å². The summed E-state index contributed by atoms with van der Waals surface area (Å²) in [5, 5.41) is 14.6. The molecule has 0 saturated heterocycles. The quantitative estimate of drug-likeness (QED) is 0.749. The molecule has 3 N–H and O–H groups in total. The van der Waals surface area contributed by atoms with Crippen molar-refractivity contribution in [3.63, 3.8) is 0 Å². The lowest BCUT2D eigenvalue weighted by molar-refractivity contribution is -0.128. The van der Waals surface area contributed by atoms with Crippen LogP contribution in [-0.2, 0) is 16.0 Å². The number of benzene rings is 2. The van der Waals surface area contributed by atoms with Gasteiger partial charge in [-0.05, 0) is 35.7 Å². The first-order valence-electron chi connectivity index (χ1n) is 7.65. The largest absolute Gasteiger partial charge is 0.508 e. The van der Waals surface area contributed by atoms with Gasteiger partial charge in [-0.25, -0.2) is 8.78 Å². The molecule has 2 amide bonds. The molecule has 0 spiro atoms. The Balaban J connectivity index is 2.08. The summed E-state index contributed by atoms with van der Waals surface area (Å²) in [5.74, 6) is -3.07. The topological polar surface area (TPSA) is 78.4 Å². The summed E-state index contributed by atoms with van der Waals surface area (Å²) in [4.78, 5) is 24.1.